The molecule has 0 spiro atoms. The van der Waals surface area contributed by atoms with Gasteiger partial charge < -0.3 is 13.6 Å². The Hall–Kier alpha value is -7.74. The number of nitrogens with zero attached hydrogens (tertiary/aromatic N) is 2. The van der Waals surface area contributed by atoms with Crippen LogP contribution in [0.5, 0.6) is 0 Å². The van der Waals surface area contributed by atoms with Gasteiger partial charge >= 0.3 is 0 Å². The zero-order valence-corrected chi connectivity index (χ0v) is 37.5. The summed E-state index contributed by atoms with van der Waals surface area (Å²) in [7, 11) is 0. The van der Waals surface area contributed by atoms with E-state index in [0.717, 1.165) is 27.6 Å². The van der Waals surface area contributed by atoms with Crippen molar-refractivity contribution in [2.24, 2.45) is 0 Å². The second kappa shape index (κ2) is 13.0. The number of rotatable bonds is 3. The maximum Gasteiger partial charge on any atom is 0.137 e. The van der Waals surface area contributed by atoms with Crippen molar-refractivity contribution in [2.75, 3.05) is 0 Å². The highest BCUT2D eigenvalue weighted by Crippen LogP contribution is 2.48. The summed E-state index contributed by atoms with van der Waals surface area (Å²) in [6.45, 7) is 0. The topological polar surface area (TPSA) is 23.0 Å². The molecule has 306 valence electrons. The minimum atomic E-state index is 0.903. The van der Waals surface area contributed by atoms with Crippen molar-refractivity contribution in [3.63, 3.8) is 0 Å². The Kier molecular flexibility index (Phi) is 6.99. The molecule has 0 N–H and O–H groups in total. The van der Waals surface area contributed by atoms with E-state index in [0.29, 0.717) is 0 Å². The van der Waals surface area contributed by atoms with E-state index in [4.69, 9.17) is 4.42 Å². The van der Waals surface area contributed by atoms with Gasteiger partial charge in [-0.2, -0.15) is 0 Å². The molecule has 6 heteroatoms. The third kappa shape index (κ3) is 4.65. The minimum Gasteiger partial charge on any atom is -0.456 e. The molecule has 0 amide bonds. The van der Waals surface area contributed by atoms with Crippen molar-refractivity contribution in [3.05, 3.63) is 194 Å². The van der Waals surface area contributed by atoms with E-state index in [1.54, 1.807) is 0 Å². The Morgan fingerprint density at radius 1 is 0.303 bits per heavy atom. The summed E-state index contributed by atoms with van der Waals surface area (Å²) in [5.41, 5.74) is 11.6. The van der Waals surface area contributed by atoms with E-state index in [9.17, 15) is 0 Å². The Bertz CT molecular complexity index is 4780. The van der Waals surface area contributed by atoms with Crippen LogP contribution in [-0.2, 0) is 0 Å². The molecule has 0 unspecified atom stereocenters. The molecule has 0 aliphatic rings. The lowest BCUT2D eigenvalue weighted by Crippen LogP contribution is -1.94. The van der Waals surface area contributed by atoms with Gasteiger partial charge in [-0.05, 0) is 77.9 Å². The molecule has 0 aliphatic carbocycles. The van der Waals surface area contributed by atoms with Crippen LogP contribution < -0.4 is 0 Å². The number of para-hydroxylation sites is 3. The summed E-state index contributed by atoms with van der Waals surface area (Å²) in [6.07, 6.45) is 0. The van der Waals surface area contributed by atoms with Gasteiger partial charge in [-0.15, -0.1) is 34.0 Å². The van der Waals surface area contributed by atoms with Crippen LogP contribution in [0.15, 0.2) is 199 Å². The smallest absolute Gasteiger partial charge is 0.137 e. The lowest BCUT2D eigenvalue weighted by atomic mass is 10.0. The van der Waals surface area contributed by atoms with Crippen molar-refractivity contribution in [1.82, 2.24) is 9.13 Å². The molecule has 0 saturated heterocycles. The van der Waals surface area contributed by atoms with Crippen molar-refractivity contribution in [2.45, 2.75) is 0 Å². The van der Waals surface area contributed by atoms with Crippen molar-refractivity contribution < 1.29 is 4.42 Å². The zero-order valence-electron chi connectivity index (χ0n) is 35.0. The molecule has 6 aromatic heterocycles. The van der Waals surface area contributed by atoms with Gasteiger partial charge in [0.1, 0.15) is 11.2 Å². The molecular formula is C60H32N2OS3. The van der Waals surface area contributed by atoms with Crippen LogP contribution in [0.3, 0.4) is 0 Å². The van der Waals surface area contributed by atoms with Crippen molar-refractivity contribution in [3.8, 4) is 22.5 Å². The third-order valence-electron chi connectivity index (χ3n) is 14.1. The molecule has 0 fully saturated rings. The summed E-state index contributed by atoms with van der Waals surface area (Å²) < 4.78 is 19.3. The zero-order chi connectivity index (χ0) is 42.8. The summed E-state index contributed by atoms with van der Waals surface area (Å²) in [6, 6.07) is 71.9. The quantitative estimate of drug-likeness (QED) is 0.173. The number of furan rings is 1. The van der Waals surface area contributed by atoms with Crippen LogP contribution in [-0.4, -0.2) is 9.13 Å². The van der Waals surface area contributed by atoms with E-state index in [1.165, 1.54) is 121 Å². The minimum absolute atomic E-state index is 0.903. The predicted octanol–water partition coefficient (Wildman–Crippen LogP) is 18.6. The summed E-state index contributed by atoms with van der Waals surface area (Å²) in [4.78, 5) is 0. The first kappa shape index (κ1) is 35.6. The first-order valence-electron chi connectivity index (χ1n) is 22.3. The standard InChI is InChI=1S/C60H32N2OS3/c1-5-15-45-35(11-1)39-27-29-41-44-31-33(24-30-52(44)66-60(41)58(39)61(45)47-17-9-20-50-55(47)42-14-3-7-19-49(42)63-50)34-23-25-43-54(32-34)64-53-22-10-18-48(56(43)53)62-46-16-6-2-12-36(46)38-26-28-40-37-13-4-8-21-51(37)65-59(40)57(38)62/h1-32H. The summed E-state index contributed by atoms with van der Waals surface area (Å²) in [5, 5.41) is 15.2. The van der Waals surface area contributed by atoms with Gasteiger partial charge in [-0.3, -0.25) is 0 Å². The Balaban J connectivity index is 0.889. The van der Waals surface area contributed by atoms with Crippen LogP contribution in [0.4, 0.5) is 0 Å². The van der Waals surface area contributed by atoms with E-state index in [-0.39, 0.29) is 0 Å². The van der Waals surface area contributed by atoms with Gasteiger partial charge in [0.25, 0.3) is 0 Å². The number of hydrogen-bond donors (Lipinski definition) is 0. The second-order valence-electron chi connectivity index (χ2n) is 17.5. The molecule has 16 aromatic rings. The first-order chi connectivity index (χ1) is 32.7. The molecule has 0 bridgehead atoms. The van der Waals surface area contributed by atoms with Crippen LogP contribution >= 0.6 is 34.0 Å². The number of aromatic nitrogens is 2. The lowest BCUT2D eigenvalue weighted by Gasteiger charge is -2.11. The highest BCUT2D eigenvalue weighted by atomic mass is 32.1. The molecule has 0 saturated carbocycles. The second-order valence-corrected chi connectivity index (χ2v) is 20.7. The molecule has 6 heterocycles. The van der Waals surface area contributed by atoms with Gasteiger partial charge in [0.15, 0.2) is 0 Å². The number of hydrogen-bond acceptors (Lipinski definition) is 4. The monoisotopic (exact) mass is 892 g/mol. The maximum atomic E-state index is 6.42. The summed E-state index contributed by atoms with van der Waals surface area (Å²) in [5.74, 6) is 0. The lowest BCUT2D eigenvalue weighted by molar-refractivity contribution is 0.669. The Morgan fingerprint density at radius 2 is 0.833 bits per heavy atom. The van der Waals surface area contributed by atoms with Gasteiger partial charge in [-0.1, -0.05) is 127 Å². The molecular weight excluding hydrogens is 861 g/mol. The van der Waals surface area contributed by atoms with Gasteiger partial charge in [0.2, 0.25) is 0 Å². The number of benzene rings is 10. The molecule has 3 nitrogen and oxygen atoms in total. The Morgan fingerprint density at radius 3 is 1.59 bits per heavy atom. The number of thiophene rings is 3. The average Bonchev–Trinajstić information content (AvgIpc) is 4.22. The van der Waals surface area contributed by atoms with Gasteiger partial charge in [0.05, 0.1) is 48.2 Å². The Labute approximate surface area is 387 Å². The van der Waals surface area contributed by atoms with Crippen molar-refractivity contribution >= 4 is 160 Å². The SMILES string of the molecule is c1ccc2c(c1)oc1cccc(-n3c4ccccc4c4ccc5c6cc(-c7ccc8c(c7)sc7cccc(-n9c%10ccccc%10c%10ccc%11c%12ccccc%12sc%11c%109)c78)ccc6sc5c43)c12. The highest BCUT2D eigenvalue weighted by Gasteiger charge is 2.23. The summed E-state index contributed by atoms with van der Waals surface area (Å²) >= 11 is 5.70. The fourth-order valence-corrected chi connectivity index (χ4v) is 14.9. The fourth-order valence-electron chi connectivity index (χ4n) is 11.3. The van der Waals surface area contributed by atoms with Crippen LogP contribution in [0.25, 0.3) is 149 Å². The van der Waals surface area contributed by atoms with Crippen LogP contribution in [0, 0.1) is 0 Å². The normalized spacial score (nSPS) is 12.5. The van der Waals surface area contributed by atoms with Crippen molar-refractivity contribution in [1.29, 1.82) is 0 Å². The third-order valence-corrected chi connectivity index (χ3v) is 17.6. The largest absolute Gasteiger partial charge is 0.456 e. The fraction of sp³-hybridized carbons (Fsp3) is 0. The molecule has 16 rings (SSSR count). The number of fused-ring (bicyclic) bond motifs is 20. The molecule has 10 aromatic carbocycles. The average molecular weight is 893 g/mol. The van der Waals surface area contributed by atoms with Gasteiger partial charge in [0, 0.05) is 78.0 Å². The van der Waals surface area contributed by atoms with Crippen LogP contribution in [0.2, 0.25) is 0 Å². The molecule has 66 heavy (non-hydrogen) atoms. The molecule has 0 atom stereocenters. The predicted molar refractivity (Wildman–Crippen MR) is 287 cm³/mol. The maximum absolute atomic E-state index is 6.42. The van der Waals surface area contributed by atoms with Crippen LogP contribution in [0.1, 0.15) is 0 Å². The van der Waals surface area contributed by atoms with E-state index < -0.39 is 0 Å². The molecule has 0 radical (unpaired) electrons. The van der Waals surface area contributed by atoms with Gasteiger partial charge in [-0.25, -0.2) is 0 Å². The molecule has 0 aliphatic heterocycles. The highest BCUT2D eigenvalue weighted by molar-refractivity contribution is 7.27. The van der Waals surface area contributed by atoms with E-state index in [2.05, 4.69) is 197 Å². The first-order valence-corrected chi connectivity index (χ1v) is 24.8. The van der Waals surface area contributed by atoms with E-state index in [1.807, 2.05) is 40.1 Å². The van der Waals surface area contributed by atoms with E-state index >= 15 is 0 Å².